The average molecular weight is 274 g/mol. The monoisotopic (exact) mass is 273 g/mol. The molecule has 2 aromatic heterocycles. The summed E-state index contributed by atoms with van der Waals surface area (Å²) in [5.41, 5.74) is 0.101. The number of nitrogens with zero attached hydrogens (tertiary/aromatic N) is 3. The molecular formula is C8H4ClN3O2S2. The molecule has 2 aromatic rings. The van der Waals surface area contributed by atoms with Crippen molar-refractivity contribution in [2.24, 2.45) is 0 Å². The Morgan fingerprint density at radius 3 is 2.94 bits per heavy atom. The van der Waals surface area contributed by atoms with Gasteiger partial charge < -0.3 is 5.11 Å². The van der Waals surface area contributed by atoms with Crippen molar-refractivity contribution in [3.63, 3.8) is 0 Å². The highest BCUT2D eigenvalue weighted by atomic mass is 35.5. The number of aromatic carboxylic acids is 1. The zero-order chi connectivity index (χ0) is 11.5. The SMILES string of the molecule is O=C(O)c1ccc(Cl)nc1Sc1ncns1. The van der Waals surface area contributed by atoms with Crippen LogP contribution in [0.4, 0.5) is 0 Å². The Kier molecular flexibility index (Phi) is 3.37. The molecule has 0 radical (unpaired) electrons. The first kappa shape index (κ1) is 11.3. The molecule has 0 unspecified atom stereocenters. The van der Waals surface area contributed by atoms with Crippen molar-refractivity contribution in [3.8, 4) is 0 Å². The number of rotatable bonds is 3. The number of hydrogen-bond donors (Lipinski definition) is 1. The van der Waals surface area contributed by atoms with Gasteiger partial charge in [-0.15, -0.1) is 0 Å². The minimum atomic E-state index is -1.05. The molecule has 0 amide bonds. The van der Waals surface area contributed by atoms with E-state index < -0.39 is 5.97 Å². The van der Waals surface area contributed by atoms with E-state index >= 15 is 0 Å². The van der Waals surface area contributed by atoms with Gasteiger partial charge in [-0.2, -0.15) is 4.37 Å². The Bertz CT molecular complexity index is 518. The van der Waals surface area contributed by atoms with E-state index in [-0.39, 0.29) is 10.7 Å². The van der Waals surface area contributed by atoms with Crippen molar-refractivity contribution < 1.29 is 9.90 Å². The predicted molar refractivity (Wildman–Crippen MR) is 60.2 cm³/mol. The molecular weight excluding hydrogens is 270 g/mol. The standard InChI is InChI=1S/C8H4ClN3O2S2/c9-5-2-1-4(7(13)14)6(12-5)15-8-10-3-11-16-8/h1-3H,(H,13,14). The molecule has 0 saturated heterocycles. The largest absolute Gasteiger partial charge is 0.478 e. The predicted octanol–water partition coefficient (Wildman–Crippen LogP) is 2.44. The van der Waals surface area contributed by atoms with Crippen LogP contribution >= 0.6 is 34.9 Å². The maximum atomic E-state index is 10.9. The van der Waals surface area contributed by atoms with E-state index in [2.05, 4.69) is 14.3 Å². The molecule has 2 rings (SSSR count). The number of hydrogen-bond acceptors (Lipinski definition) is 6. The van der Waals surface area contributed by atoms with Crippen LogP contribution in [0, 0.1) is 0 Å². The first-order chi connectivity index (χ1) is 7.66. The van der Waals surface area contributed by atoms with Gasteiger partial charge in [0.15, 0.2) is 4.34 Å². The molecule has 0 bridgehead atoms. The quantitative estimate of drug-likeness (QED) is 0.866. The Morgan fingerprint density at radius 1 is 1.50 bits per heavy atom. The zero-order valence-electron chi connectivity index (χ0n) is 7.62. The molecule has 0 aliphatic rings. The Balaban J connectivity index is 2.38. The molecule has 5 nitrogen and oxygen atoms in total. The number of carboxylic acid groups (broad SMARTS) is 1. The highest BCUT2D eigenvalue weighted by Gasteiger charge is 2.14. The number of carbonyl (C=O) groups is 1. The normalized spacial score (nSPS) is 10.3. The molecule has 0 fully saturated rings. The van der Waals surface area contributed by atoms with Crippen LogP contribution in [-0.4, -0.2) is 25.4 Å². The van der Waals surface area contributed by atoms with Crippen LogP contribution in [-0.2, 0) is 0 Å². The topological polar surface area (TPSA) is 76.0 Å². The Hall–Kier alpha value is -1.18. The van der Waals surface area contributed by atoms with E-state index in [4.69, 9.17) is 16.7 Å². The number of pyridine rings is 1. The fraction of sp³-hybridized carbons (Fsp3) is 0. The minimum Gasteiger partial charge on any atom is -0.478 e. The first-order valence-corrected chi connectivity index (χ1v) is 5.98. The fourth-order valence-corrected chi connectivity index (χ4v) is 2.61. The van der Waals surface area contributed by atoms with Gasteiger partial charge in [0.1, 0.15) is 16.5 Å². The molecule has 0 spiro atoms. The van der Waals surface area contributed by atoms with Crippen molar-refractivity contribution >= 4 is 40.9 Å². The van der Waals surface area contributed by atoms with E-state index in [1.165, 1.54) is 30.0 Å². The van der Waals surface area contributed by atoms with Crippen molar-refractivity contribution in [1.29, 1.82) is 0 Å². The van der Waals surface area contributed by atoms with E-state index in [1.807, 2.05) is 0 Å². The summed E-state index contributed by atoms with van der Waals surface area (Å²) in [6, 6.07) is 2.86. The van der Waals surface area contributed by atoms with E-state index in [9.17, 15) is 4.79 Å². The van der Waals surface area contributed by atoms with Crippen molar-refractivity contribution in [1.82, 2.24) is 14.3 Å². The first-order valence-electron chi connectivity index (χ1n) is 4.01. The van der Waals surface area contributed by atoms with Gasteiger partial charge in [-0.05, 0) is 35.4 Å². The summed E-state index contributed by atoms with van der Waals surface area (Å²) >= 11 is 8.01. The Labute approximate surface area is 104 Å². The van der Waals surface area contributed by atoms with Gasteiger partial charge in [0.25, 0.3) is 0 Å². The third-order valence-corrected chi connectivity index (χ3v) is 3.51. The van der Waals surface area contributed by atoms with Crippen LogP contribution in [0.5, 0.6) is 0 Å². The average Bonchev–Trinajstić information content (AvgIpc) is 2.70. The Morgan fingerprint density at radius 2 is 2.31 bits per heavy atom. The van der Waals surface area contributed by atoms with Crippen molar-refractivity contribution in [3.05, 3.63) is 29.2 Å². The van der Waals surface area contributed by atoms with Crippen LogP contribution in [0.15, 0.2) is 27.8 Å². The molecule has 1 N–H and O–H groups in total. The second kappa shape index (κ2) is 4.77. The van der Waals surface area contributed by atoms with Crippen LogP contribution in [0.3, 0.4) is 0 Å². The van der Waals surface area contributed by atoms with E-state index in [0.717, 1.165) is 11.8 Å². The van der Waals surface area contributed by atoms with Gasteiger partial charge in [0.2, 0.25) is 0 Å². The third-order valence-electron chi connectivity index (χ3n) is 1.58. The summed E-state index contributed by atoms with van der Waals surface area (Å²) in [6.07, 6.45) is 1.40. The lowest BCUT2D eigenvalue weighted by atomic mass is 10.3. The highest BCUT2D eigenvalue weighted by molar-refractivity contribution is 8.01. The van der Waals surface area contributed by atoms with Gasteiger partial charge in [-0.3, -0.25) is 0 Å². The molecule has 16 heavy (non-hydrogen) atoms. The number of carboxylic acids is 1. The summed E-state index contributed by atoms with van der Waals surface area (Å²) in [6.45, 7) is 0. The molecule has 0 atom stereocenters. The molecule has 2 heterocycles. The number of aromatic nitrogens is 3. The molecule has 0 aliphatic heterocycles. The lowest BCUT2D eigenvalue weighted by Gasteiger charge is -2.02. The summed E-state index contributed by atoms with van der Waals surface area (Å²) in [4.78, 5) is 18.8. The second-order valence-corrected chi connectivity index (χ2v) is 5.00. The highest BCUT2D eigenvalue weighted by Crippen LogP contribution is 2.30. The smallest absolute Gasteiger partial charge is 0.338 e. The molecule has 82 valence electrons. The van der Waals surface area contributed by atoms with Crippen molar-refractivity contribution in [2.75, 3.05) is 0 Å². The van der Waals surface area contributed by atoms with Gasteiger partial charge in [-0.1, -0.05) is 11.6 Å². The van der Waals surface area contributed by atoms with Crippen molar-refractivity contribution in [2.45, 2.75) is 9.37 Å². The van der Waals surface area contributed by atoms with Crippen LogP contribution in [0.1, 0.15) is 10.4 Å². The lowest BCUT2D eigenvalue weighted by Crippen LogP contribution is -2.00. The van der Waals surface area contributed by atoms with E-state index in [1.54, 1.807) is 0 Å². The fourth-order valence-electron chi connectivity index (χ4n) is 0.949. The summed E-state index contributed by atoms with van der Waals surface area (Å²) < 4.78 is 4.44. The maximum absolute atomic E-state index is 10.9. The molecule has 0 saturated carbocycles. The lowest BCUT2D eigenvalue weighted by molar-refractivity contribution is 0.0692. The molecule has 8 heteroatoms. The second-order valence-electron chi connectivity index (χ2n) is 2.60. The molecule has 0 aliphatic carbocycles. The number of halogens is 1. The molecule has 0 aromatic carbocycles. The van der Waals surface area contributed by atoms with Gasteiger partial charge >= 0.3 is 5.97 Å². The summed E-state index contributed by atoms with van der Waals surface area (Å²) in [5.74, 6) is -1.05. The zero-order valence-corrected chi connectivity index (χ0v) is 10.0. The summed E-state index contributed by atoms with van der Waals surface area (Å²) in [5, 5.41) is 9.52. The van der Waals surface area contributed by atoms with Crippen LogP contribution in [0.2, 0.25) is 5.15 Å². The van der Waals surface area contributed by atoms with Gasteiger partial charge in [0, 0.05) is 0 Å². The van der Waals surface area contributed by atoms with Gasteiger partial charge in [0.05, 0.1) is 5.56 Å². The summed E-state index contributed by atoms with van der Waals surface area (Å²) in [7, 11) is 0. The van der Waals surface area contributed by atoms with E-state index in [0.29, 0.717) is 9.37 Å². The minimum absolute atomic E-state index is 0.101. The van der Waals surface area contributed by atoms with Crippen LogP contribution in [0.25, 0.3) is 0 Å². The van der Waals surface area contributed by atoms with Crippen LogP contribution < -0.4 is 0 Å². The third kappa shape index (κ3) is 2.49. The van der Waals surface area contributed by atoms with Gasteiger partial charge in [-0.25, -0.2) is 14.8 Å². The maximum Gasteiger partial charge on any atom is 0.338 e.